The van der Waals surface area contributed by atoms with Gasteiger partial charge < -0.3 is 10.2 Å². The van der Waals surface area contributed by atoms with Gasteiger partial charge >= 0.3 is 0 Å². The predicted octanol–water partition coefficient (Wildman–Crippen LogP) is 1.32. The van der Waals surface area contributed by atoms with Crippen LogP contribution in [-0.2, 0) is 4.79 Å². The molecule has 7 nitrogen and oxygen atoms in total. The molecule has 1 aliphatic carbocycles. The highest BCUT2D eigenvalue weighted by Crippen LogP contribution is 2.27. The molecule has 3 heterocycles. The number of nitrogens with one attached hydrogen (secondary N) is 1. The van der Waals surface area contributed by atoms with Crippen LogP contribution < -0.4 is 10.2 Å². The lowest BCUT2D eigenvalue weighted by atomic mass is 9.84. The summed E-state index contributed by atoms with van der Waals surface area (Å²) >= 11 is 0. The molecule has 1 aliphatic heterocycles. The van der Waals surface area contributed by atoms with Crippen molar-refractivity contribution in [3.63, 3.8) is 0 Å². The second kappa shape index (κ2) is 5.79. The van der Waals surface area contributed by atoms with E-state index in [-0.39, 0.29) is 11.8 Å². The minimum absolute atomic E-state index is 0.253. The number of piperidine rings is 1. The number of carbonyl (C=O) groups is 1. The van der Waals surface area contributed by atoms with Crippen LogP contribution in [0.4, 0.5) is 5.82 Å². The Morgan fingerprint density at radius 3 is 2.70 bits per heavy atom. The SMILES string of the molecule is Cc1nnc2c(N3CCC(NC(=O)C4CCC4)CC3)nccn12. The lowest BCUT2D eigenvalue weighted by Crippen LogP contribution is -2.47. The van der Waals surface area contributed by atoms with Gasteiger partial charge in [0.25, 0.3) is 0 Å². The zero-order valence-corrected chi connectivity index (χ0v) is 13.4. The molecule has 23 heavy (non-hydrogen) atoms. The van der Waals surface area contributed by atoms with E-state index in [9.17, 15) is 4.79 Å². The minimum Gasteiger partial charge on any atom is -0.353 e. The van der Waals surface area contributed by atoms with Gasteiger partial charge in [0.2, 0.25) is 11.6 Å². The topological polar surface area (TPSA) is 75.4 Å². The third-order valence-corrected chi connectivity index (χ3v) is 5.10. The Bertz CT molecular complexity index is 714. The number of aromatic nitrogens is 4. The maximum atomic E-state index is 12.1. The zero-order valence-electron chi connectivity index (χ0n) is 13.4. The molecule has 0 radical (unpaired) electrons. The van der Waals surface area contributed by atoms with Gasteiger partial charge in [0, 0.05) is 37.4 Å². The van der Waals surface area contributed by atoms with Gasteiger partial charge in [-0.05, 0) is 32.6 Å². The molecule has 0 bridgehead atoms. The summed E-state index contributed by atoms with van der Waals surface area (Å²) in [6, 6.07) is 0.290. The van der Waals surface area contributed by atoms with Crippen LogP contribution in [-0.4, -0.2) is 44.6 Å². The molecule has 0 atom stereocenters. The summed E-state index contributed by atoms with van der Waals surface area (Å²) in [4.78, 5) is 18.8. The monoisotopic (exact) mass is 314 g/mol. The normalized spacial score (nSPS) is 19.8. The average molecular weight is 314 g/mol. The van der Waals surface area contributed by atoms with Gasteiger partial charge in [0.05, 0.1) is 0 Å². The molecule has 122 valence electrons. The number of anilines is 1. The van der Waals surface area contributed by atoms with Crippen molar-refractivity contribution in [1.29, 1.82) is 0 Å². The maximum absolute atomic E-state index is 12.1. The molecule has 7 heteroatoms. The summed E-state index contributed by atoms with van der Waals surface area (Å²) in [5, 5.41) is 11.6. The third kappa shape index (κ3) is 2.64. The number of hydrogen-bond donors (Lipinski definition) is 1. The minimum atomic E-state index is 0.253. The summed E-state index contributed by atoms with van der Waals surface area (Å²) in [5.74, 6) is 2.27. The summed E-state index contributed by atoms with van der Waals surface area (Å²) < 4.78 is 1.97. The first-order valence-electron chi connectivity index (χ1n) is 8.44. The smallest absolute Gasteiger partial charge is 0.223 e. The number of rotatable bonds is 3. The number of amides is 1. The number of carbonyl (C=O) groups excluding carboxylic acids is 1. The van der Waals surface area contributed by atoms with Crippen molar-refractivity contribution < 1.29 is 4.79 Å². The Labute approximate surface area is 135 Å². The Hall–Kier alpha value is -2.18. The molecular weight excluding hydrogens is 292 g/mol. The molecule has 1 N–H and O–H groups in total. The third-order valence-electron chi connectivity index (χ3n) is 5.10. The second-order valence-corrected chi connectivity index (χ2v) is 6.59. The number of hydrogen-bond acceptors (Lipinski definition) is 5. The Balaban J connectivity index is 1.41. The Morgan fingerprint density at radius 2 is 2.00 bits per heavy atom. The average Bonchev–Trinajstić information content (AvgIpc) is 2.88. The van der Waals surface area contributed by atoms with E-state index in [1.807, 2.05) is 17.5 Å². The molecule has 4 rings (SSSR count). The van der Waals surface area contributed by atoms with E-state index < -0.39 is 0 Å². The maximum Gasteiger partial charge on any atom is 0.223 e. The molecule has 0 spiro atoms. The summed E-state index contributed by atoms with van der Waals surface area (Å²) in [6.07, 6.45) is 8.90. The van der Waals surface area contributed by atoms with Crippen molar-refractivity contribution in [3.05, 3.63) is 18.2 Å². The van der Waals surface area contributed by atoms with Gasteiger partial charge in [-0.25, -0.2) is 4.98 Å². The van der Waals surface area contributed by atoms with Gasteiger partial charge in [0.1, 0.15) is 5.82 Å². The van der Waals surface area contributed by atoms with Crippen molar-refractivity contribution in [2.45, 2.75) is 45.1 Å². The van der Waals surface area contributed by atoms with Crippen molar-refractivity contribution in [2.75, 3.05) is 18.0 Å². The standard InChI is InChI=1S/C16H22N6O/c1-11-19-20-15-14(17-7-10-22(11)15)21-8-5-13(6-9-21)18-16(23)12-3-2-4-12/h7,10,12-13H,2-6,8-9H2,1H3,(H,18,23). The molecule has 1 saturated heterocycles. The van der Waals surface area contributed by atoms with E-state index in [4.69, 9.17) is 0 Å². The van der Waals surface area contributed by atoms with E-state index in [2.05, 4.69) is 25.4 Å². The summed E-state index contributed by atoms with van der Waals surface area (Å²) in [7, 11) is 0. The lowest BCUT2D eigenvalue weighted by Gasteiger charge is -2.34. The van der Waals surface area contributed by atoms with Gasteiger partial charge in [-0.15, -0.1) is 10.2 Å². The quantitative estimate of drug-likeness (QED) is 0.925. The van der Waals surface area contributed by atoms with Gasteiger partial charge in [-0.3, -0.25) is 9.20 Å². The molecule has 2 aromatic rings. The first kappa shape index (κ1) is 14.4. The van der Waals surface area contributed by atoms with Crippen LogP contribution >= 0.6 is 0 Å². The van der Waals surface area contributed by atoms with Gasteiger partial charge in [-0.1, -0.05) is 6.42 Å². The van der Waals surface area contributed by atoms with Crippen LogP contribution in [0.2, 0.25) is 0 Å². The Kier molecular flexibility index (Phi) is 3.63. The highest BCUT2D eigenvalue weighted by molar-refractivity contribution is 5.79. The highest BCUT2D eigenvalue weighted by Gasteiger charge is 2.29. The number of fused-ring (bicyclic) bond motifs is 1. The number of nitrogens with zero attached hydrogens (tertiary/aromatic N) is 5. The van der Waals surface area contributed by atoms with E-state index in [0.29, 0.717) is 6.04 Å². The molecule has 1 saturated carbocycles. The predicted molar refractivity (Wildman–Crippen MR) is 86.2 cm³/mol. The molecule has 2 aromatic heterocycles. The first-order chi connectivity index (χ1) is 11.2. The number of aryl methyl sites for hydroxylation is 1. The van der Waals surface area contributed by atoms with Crippen molar-refractivity contribution >= 4 is 17.4 Å². The van der Waals surface area contributed by atoms with E-state index in [0.717, 1.165) is 56.1 Å². The van der Waals surface area contributed by atoms with Crippen molar-refractivity contribution in [1.82, 2.24) is 24.9 Å². The fraction of sp³-hybridized carbons (Fsp3) is 0.625. The lowest BCUT2D eigenvalue weighted by molar-refractivity contribution is -0.128. The molecule has 2 fully saturated rings. The Morgan fingerprint density at radius 1 is 1.22 bits per heavy atom. The van der Waals surface area contributed by atoms with Crippen LogP contribution in [0.15, 0.2) is 12.4 Å². The van der Waals surface area contributed by atoms with Crippen molar-refractivity contribution in [3.8, 4) is 0 Å². The first-order valence-corrected chi connectivity index (χ1v) is 8.44. The fourth-order valence-corrected chi connectivity index (χ4v) is 3.38. The van der Waals surface area contributed by atoms with E-state index in [1.54, 1.807) is 6.20 Å². The fourth-order valence-electron chi connectivity index (χ4n) is 3.38. The van der Waals surface area contributed by atoms with Gasteiger partial charge in [-0.2, -0.15) is 0 Å². The zero-order chi connectivity index (χ0) is 15.8. The molecule has 1 amide bonds. The van der Waals surface area contributed by atoms with Crippen LogP contribution in [0.3, 0.4) is 0 Å². The summed E-state index contributed by atoms with van der Waals surface area (Å²) in [5.41, 5.74) is 0.807. The molecular formula is C16H22N6O. The van der Waals surface area contributed by atoms with Crippen LogP contribution in [0.1, 0.15) is 37.9 Å². The van der Waals surface area contributed by atoms with Gasteiger partial charge in [0.15, 0.2) is 5.82 Å². The van der Waals surface area contributed by atoms with E-state index in [1.165, 1.54) is 6.42 Å². The molecule has 0 unspecified atom stereocenters. The molecule has 2 aliphatic rings. The van der Waals surface area contributed by atoms with Crippen LogP contribution in [0, 0.1) is 12.8 Å². The van der Waals surface area contributed by atoms with Crippen LogP contribution in [0.25, 0.3) is 5.65 Å². The summed E-state index contributed by atoms with van der Waals surface area (Å²) in [6.45, 7) is 3.70. The van der Waals surface area contributed by atoms with Crippen LogP contribution in [0.5, 0.6) is 0 Å². The largest absolute Gasteiger partial charge is 0.353 e. The van der Waals surface area contributed by atoms with E-state index >= 15 is 0 Å². The second-order valence-electron chi connectivity index (χ2n) is 6.59. The van der Waals surface area contributed by atoms with Crippen molar-refractivity contribution in [2.24, 2.45) is 5.92 Å². The highest BCUT2D eigenvalue weighted by atomic mass is 16.2. The molecule has 0 aromatic carbocycles.